The molecular weight excluding hydrogens is 432 g/mol. The minimum atomic E-state index is -0.383. The summed E-state index contributed by atoms with van der Waals surface area (Å²) in [5.74, 6) is 1.80. The summed E-state index contributed by atoms with van der Waals surface area (Å²) in [4.78, 5) is 16.7. The summed E-state index contributed by atoms with van der Waals surface area (Å²) in [6.45, 7) is 0.643. The summed E-state index contributed by atoms with van der Waals surface area (Å²) < 4.78 is 16.9. The van der Waals surface area contributed by atoms with Gasteiger partial charge in [-0.15, -0.1) is 0 Å². The van der Waals surface area contributed by atoms with Gasteiger partial charge in [0.15, 0.2) is 0 Å². The molecule has 0 radical (unpaired) electrons. The number of nitrogens with zero attached hydrogens (tertiary/aromatic N) is 2. The number of benzene rings is 3. The second kappa shape index (κ2) is 8.76. The quantitative estimate of drug-likeness (QED) is 0.563. The molecule has 0 saturated carbocycles. The van der Waals surface area contributed by atoms with E-state index in [1.54, 1.807) is 14.2 Å². The van der Waals surface area contributed by atoms with Crippen molar-refractivity contribution in [2.24, 2.45) is 0 Å². The Balaban J connectivity index is 1.51. The fourth-order valence-corrected chi connectivity index (χ4v) is 4.54. The Morgan fingerprint density at radius 3 is 2.62 bits per heavy atom. The zero-order valence-electron chi connectivity index (χ0n) is 19.4. The number of carbonyl (C=O) groups is 1. The summed E-state index contributed by atoms with van der Waals surface area (Å²) in [5, 5.41) is 9.79. The Hall–Kier alpha value is -3.97. The van der Waals surface area contributed by atoms with E-state index in [9.17, 15) is 9.90 Å². The number of rotatable bonds is 6. The van der Waals surface area contributed by atoms with Gasteiger partial charge in [-0.3, -0.25) is 9.69 Å². The van der Waals surface area contributed by atoms with Gasteiger partial charge < -0.3 is 24.2 Å². The molecule has 0 aliphatic carbocycles. The van der Waals surface area contributed by atoms with E-state index in [1.807, 2.05) is 55.6 Å². The number of aliphatic hydroxyl groups excluding tert-OH is 1. The third kappa shape index (κ3) is 3.54. The molecule has 7 heteroatoms. The number of methoxy groups -OCH3 is 2. The van der Waals surface area contributed by atoms with Crippen LogP contribution < -0.4 is 19.3 Å². The van der Waals surface area contributed by atoms with Crippen LogP contribution in [-0.4, -0.2) is 39.0 Å². The number of fused-ring (bicyclic) bond motifs is 2. The van der Waals surface area contributed by atoms with Crippen molar-refractivity contribution in [3.63, 3.8) is 0 Å². The van der Waals surface area contributed by atoms with Gasteiger partial charge in [0, 0.05) is 47.6 Å². The molecule has 0 saturated heterocycles. The number of ether oxygens (including phenoxy) is 3. The van der Waals surface area contributed by atoms with E-state index in [0.29, 0.717) is 30.2 Å². The van der Waals surface area contributed by atoms with Gasteiger partial charge in [0.1, 0.15) is 30.6 Å². The Morgan fingerprint density at radius 2 is 1.85 bits per heavy atom. The minimum absolute atomic E-state index is 0.256. The maximum atomic E-state index is 13.2. The molecule has 0 fully saturated rings. The molecule has 0 aromatic heterocycles. The van der Waals surface area contributed by atoms with Crippen molar-refractivity contribution >= 4 is 28.6 Å². The zero-order chi connectivity index (χ0) is 23.8. The first-order valence-corrected chi connectivity index (χ1v) is 11.0. The average molecular weight is 459 g/mol. The van der Waals surface area contributed by atoms with Crippen LogP contribution in [0.15, 0.2) is 60.7 Å². The molecule has 174 valence electrons. The molecule has 1 N–H and O–H groups in total. The molecule has 0 spiro atoms. The van der Waals surface area contributed by atoms with E-state index >= 15 is 0 Å². The number of hydrogen-bond donors (Lipinski definition) is 1. The van der Waals surface area contributed by atoms with E-state index < -0.39 is 0 Å². The molecule has 1 amide bonds. The Kier molecular flexibility index (Phi) is 5.63. The monoisotopic (exact) mass is 458 g/mol. The molecule has 0 unspecified atom stereocenters. The molecule has 3 aromatic carbocycles. The van der Waals surface area contributed by atoms with Crippen molar-refractivity contribution in [2.45, 2.75) is 13.2 Å². The lowest BCUT2D eigenvalue weighted by atomic mass is 10.00. The first kappa shape index (κ1) is 21.9. The summed E-state index contributed by atoms with van der Waals surface area (Å²) in [5.41, 5.74) is 5.87. The van der Waals surface area contributed by atoms with E-state index in [4.69, 9.17) is 14.2 Å². The molecule has 3 aromatic rings. The Bertz CT molecular complexity index is 1300. The second-order valence-corrected chi connectivity index (χ2v) is 8.26. The molecule has 0 bridgehead atoms. The summed E-state index contributed by atoms with van der Waals surface area (Å²) in [6.07, 6.45) is 0. The number of amides is 1. The van der Waals surface area contributed by atoms with Crippen LogP contribution in [0.4, 0.5) is 11.4 Å². The molecule has 7 nitrogen and oxygen atoms in total. The lowest BCUT2D eigenvalue weighted by Gasteiger charge is -2.22. The van der Waals surface area contributed by atoms with Gasteiger partial charge >= 0.3 is 0 Å². The van der Waals surface area contributed by atoms with E-state index in [2.05, 4.69) is 17.0 Å². The van der Waals surface area contributed by atoms with E-state index in [1.165, 1.54) is 4.90 Å². The van der Waals surface area contributed by atoms with Gasteiger partial charge in [0.2, 0.25) is 0 Å². The predicted octanol–water partition coefficient (Wildman–Crippen LogP) is 4.04. The number of carbonyl (C=O) groups excluding carboxylic acids is 1. The van der Waals surface area contributed by atoms with Crippen LogP contribution >= 0.6 is 0 Å². The van der Waals surface area contributed by atoms with Crippen LogP contribution in [0.1, 0.15) is 22.3 Å². The third-order valence-electron chi connectivity index (χ3n) is 6.34. The Morgan fingerprint density at radius 1 is 1.03 bits per heavy atom. The number of para-hydroxylation sites is 1. The lowest BCUT2D eigenvalue weighted by molar-refractivity contribution is -0.113. The minimum Gasteiger partial charge on any atom is -0.497 e. The maximum Gasteiger partial charge on any atom is 0.264 e. The maximum absolute atomic E-state index is 13.2. The highest BCUT2D eigenvalue weighted by atomic mass is 16.5. The van der Waals surface area contributed by atoms with Gasteiger partial charge in [0.05, 0.1) is 25.5 Å². The van der Waals surface area contributed by atoms with Crippen LogP contribution in [-0.2, 0) is 22.7 Å². The molecule has 2 heterocycles. The zero-order valence-corrected chi connectivity index (χ0v) is 19.4. The van der Waals surface area contributed by atoms with Gasteiger partial charge in [-0.05, 0) is 30.3 Å². The number of aliphatic hydroxyl groups is 1. The van der Waals surface area contributed by atoms with Crippen molar-refractivity contribution in [2.75, 3.05) is 37.8 Å². The number of anilines is 2. The lowest BCUT2D eigenvalue weighted by Crippen LogP contribution is -2.27. The highest BCUT2D eigenvalue weighted by Gasteiger charge is 2.37. The van der Waals surface area contributed by atoms with Gasteiger partial charge in [-0.1, -0.05) is 24.3 Å². The molecule has 5 rings (SSSR count). The van der Waals surface area contributed by atoms with E-state index in [0.717, 1.165) is 39.4 Å². The van der Waals surface area contributed by atoms with Crippen LogP contribution in [0.3, 0.4) is 0 Å². The van der Waals surface area contributed by atoms with E-state index in [-0.39, 0.29) is 12.6 Å². The van der Waals surface area contributed by atoms with Crippen LogP contribution in [0, 0.1) is 0 Å². The fourth-order valence-electron chi connectivity index (χ4n) is 4.54. The first-order chi connectivity index (χ1) is 16.5. The average Bonchev–Trinajstić information content (AvgIpc) is 3.40. The first-order valence-electron chi connectivity index (χ1n) is 11.0. The molecule has 2 aliphatic heterocycles. The van der Waals surface area contributed by atoms with Gasteiger partial charge in [-0.25, -0.2) is 0 Å². The topological polar surface area (TPSA) is 71.5 Å². The number of hydrogen-bond acceptors (Lipinski definition) is 6. The predicted molar refractivity (Wildman–Crippen MR) is 131 cm³/mol. The van der Waals surface area contributed by atoms with Crippen molar-refractivity contribution in [3.8, 4) is 11.5 Å². The molecular formula is C27H26N2O5. The van der Waals surface area contributed by atoms with Crippen LogP contribution in [0.2, 0.25) is 0 Å². The van der Waals surface area contributed by atoms with Crippen molar-refractivity contribution in [1.82, 2.24) is 0 Å². The third-order valence-corrected chi connectivity index (χ3v) is 6.34. The summed E-state index contributed by atoms with van der Waals surface area (Å²) >= 11 is 0. The van der Waals surface area contributed by atoms with Crippen LogP contribution in [0.25, 0.3) is 11.3 Å². The highest BCUT2D eigenvalue weighted by molar-refractivity contribution is 6.37. The standard InChI is InChI=1S/C27H26N2O5/c1-28(14-17-9-11-20(32-2)13-24(17)33-3)19-10-8-18-15-34-26(22(18)12-19)25-21-6-4-5-7-23(21)29(16-30)27(25)31/h4-13,30H,14-16H2,1-3H3/b26-25+. The molecule has 0 atom stereocenters. The van der Waals surface area contributed by atoms with Crippen molar-refractivity contribution in [1.29, 1.82) is 0 Å². The van der Waals surface area contributed by atoms with Gasteiger partial charge in [-0.2, -0.15) is 0 Å². The largest absolute Gasteiger partial charge is 0.497 e. The van der Waals surface area contributed by atoms with Crippen molar-refractivity contribution in [3.05, 3.63) is 82.9 Å². The molecule has 2 aliphatic rings. The Labute approximate surface area is 198 Å². The smallest absolute Gasteiger partial charge is 0.264 e. The fraction of sp³-hybridized carbons (Fsp3) is 0.222. The van der Waals surface area contributed by atoms with Crippen molar-refractivity contribution < 1.29 is 24.1 Å². The molecule has 34 heavy (non-hydrogen) atoms. The summed E-state index contributed by atoms with van der Waals surface area (Å²) in [7, 11) is 5.29. The highest BCUT2D eigenvalue weighted by Crippen LogP contribution is 2.44. The normalized spacial score (nSPS) is 16.2. The van der Waals surface area contributed by atoms with Crippen LogP contribution in [0.5, 0.6) is 11.5 Å². The van der Waals surface area contributed by atoms with Gasteiger partial charge in [0.25, 0.3) is 5.91 Å². The summed E-state index contributed by atoms with van der Waals surface area (Å²) in [6, 6.07) is 19.4. The SMILES string of the molecule is COc1ccc(CN(C)c2ccc3c(c2)/C(=C2\C(=O)N(CO)c4ccccc42)OC3)c(OC)c1. The second-order valence-electron chi connectivity index (χ2n) is 8.26.